The van der Waals surface area contributed by atoms with Gasteiger partial charge in [0.05, 0.1) is 11.4 Å². The summed E-state index contributed by atoms with van der Waals surface area (Å²) in [5.41, 5.74) is 2.92. The van der Waals surface area contributed by atoms with Gasteiger partial charge < -0.3 is 4.98 Å². The van der Waals surface area contributed by atoms with E-state index in [4.69, 9.17) is 4.98 Å². The number of rotatable bonds is 3. The number of aromatic amines is 2. The van der Waals surface area contributed by atoms with E-state index >= 15 is 0 Å². The van der Waals surface area contributed by atoms with Crippen LogP contribution in [0.3, 0.4) is 0 Å². The van der Waals surface area contributed by atoms with Crippen LogP contribution < -0.4 is 11.2 Å². The minimum Gasteiger partial charge on any atom is -0.314 e. The lowest BCUT2D eigenvalue weighted by molar-refractivity contribution is 0.241. The molecule has 4 rings (SSSR count). The molecule has 0 saturated carbocycles. The summed E-state index contributed by atoms with van der Waals surface area (Å²) in [5.74, 6) is 0.768. The van der Waals surface area contributed by atoms with E-state index in [1.165, 1.54) is 6.20 Å². The topological polar surface area (TPSA) is 107 Å². The van der Waals surface area contributed by atoms with Gasteiger partial charge in [0, 0.05) is 56.1 Å². The van der Waals surface area contributed by atoms with E-state index < -0.39 is 5.69 Å². The SMILES string of the molecule is O=c1[nH]cc(CN2CCc3nc(C4=NCCCC4)ncc3C2)c(=O)[nH]1. The summed E-state index contributed by atoms with van der Waals surface area (Å²) in [6.45, 7) is 2.87. The van der Waals surface area contributed by atoms with Crippen LogP contribution in [-0.4, -0.2) is 43.6 Å². The first kappa shape index (κ1) is 15.9. The van der Waals surface area contributed by atoms with E-state index in [9.17, 15) is 9.59 Å². The number of H-pyrrole nitrogens is 2. The summed E-state index contributed by atoms with van der Waals surface area (Å²) >= 11 is 0. The molecule has 130 valence electrons. The maximum atomic E-state index is 11.8. The number of hydrogen-bond donors (Lipinski definition) is 2. The molecule has 0 radical (unpaired) electrons. The van der Waals surface area contributed by atoms with Crippen molar-refractivity contribution < 1.29 is 0 Å². The van der Waals surface area contributed by atoms with Crippen molar-refractivity contribution in [1.82, 2.24) is 24.8 Å². The summed E-state index contributed by atoms with van der Waals surface area (Å²) in [5, 5.41) is 0. The Morgan fingerprint density at radius 2 is 2.12 bits per heavy atom. The molecule has 2 aliphatic heterocycles. The third-order valence-electron chi connectivity index (χ3n) is 4.69. The molecule has 0 bridgehead atoms. The fraction of sp³-hybridized carbons (Fsp3) is 0.471. The first-order chi connectivity index (χ1) is 12.2. The van der Waals surface area contributed by atoms with Gasteiger partial charge in [-0.2, -0.15) is 0 Å². The zero-order chi connectivity index (χ0) is 17.2. The molecule has 8 heteroatoms. The molecule has 0 unspecified atom stereocenters. The maximum absolute atomic E-state index is 11.8. The highest BCUT2D eigenvalue weighted by atomic mass is 16.2. The summed E-state index contributed by atoms with van der Waals surface area (Å²) in [7, 11) is 0. The van der Waals surface area contributed by atoms with Gasteiger partial charge in [-0.3, -0.25) is 19.7 Å². The minimum absolute atomic E-state index is 0.337. The Labute approximate surface area is 144 Å². The van der Waals surface area contributed by atoms with Crippen LogP contribution in [-0.2, 0) is 19.5 Å². The molecule has 2 aliphatic rings. The molecule has 4 heterocycles. The number of fused-ring (bicyclic) bond motifs is 1. The average Bonchev–Trinajstić information content (AvgIpc) is 2.64. The Kier molecular flexibility index (Phi) is 4.27. The molecule has 2 aromatic heterocycles. The van der Waals surface area contributed by atoms with E-state index in [-0.39, 0.29) is 5.56 Å². The Morgan fingerprint density at radius 3 is 2.92 bits per heavy atom. The van der Waals surface area contributed by atoms with Gasteiger partial charge >= 0.3 is 5.69 Å². The molecular weight excluding hydrogens is 320 g/mol. The molecule has 0 spiro atoms. The van der Waals surface area contributed by atoms with Crippen molar-refractivity contribution in [1.29, 1.82) is 0 Å². The van der Waals surface area contributed by atoms with Crippen molar-refractivity contribution in [2.45, 2.75) is 38.8 Å². The third-order valence-corrected chi connectivity index (χ3v) is 4.69. The molecule has 0 amide bonds. The van der Waals surface area contributed by atoms with E-state index in [1.807, 2.05) is 6.20 Å². The average molecular weight is 340 g/mol. The van der Waals surface area contributed by atoms with Gasteiger partial charge in [-0.05, 0) is 19.3 Å². The normalized spacial score (nSPS) is 17.8. The lowest BCUT2D eigenvalue weighted by atomic mass is 10.1. The highest BCUT2D eigenvalue weighted by Gasteiger charge is 2.21. The highest BCUT2D eigenvalue weighted by molar-refractivity contribution is 5.97. The van der Waals surface area contributed by atoms with Crippen molar-refractivity contribution in [3.05, 3.63) is 55.9 Å². The maximum Gasteiger partial charge on any atom is 0.325 e. The van der Waals surface area contributed by atoms with Gasteiger partial charge in [-0.1, -0.05) is 0 Å². The quantitative estimate of drug-likeness (QED) is 0.840. The molecule has 2 N–H and O–H groups in total. The van der Waals surface area contributed by atoms with Crippen LogP contribution in [0.4, 0.5) is 0 Å². The molecule has 0 fully saturated rings. The second-order valence-electron chi connectivity index (χ2n) is 6.51. The minimum atomic E-state index is -0.482. The fourth-order valence-corrected chi connectivity index (χ4v) is 3.32. The van der Waals surface area contributed by atoms with E-state index in [1.54, 1.807) is 0 Å². The second-order valence-corrected chi connectivity index (χ2v) is 6.51. The summed E-state index contributed by atoms with van der Waals surface area (Å²) in [6.07, 6.45) is 7.45. The van der Waals surface area contributed by atoms with Gasteiger partial charge in [-0.15, -0.1) is 0 Å². The monoisotopic (exact) mass is 340 g/mol. The van der Waals surface area contributed by atoms with Gasteiger partial charge in [0.2, 0.25) is 0 Å². The van der Waals surface area contributed by atoms with Gasteiger partial charge in [0.1, 0.15) is 0 Å². The standard InChI is InChI=1S/C17H20N6O2/c24-16-12(8-20-17(25)22-16)10-23-6-4-13-11(9-23)7-19-15(21-13)14-3-1-2-5-18-14/h7-8H,1-6,9-10H2,(H2,20,22,24,25). The van der Waals surface area contributed by atoms with Gasteiger partial charge in [0.15, 0.2) is 5.82 Å². The van der Waals surface area contributed by atoms with E-state index in [0.717, 1.165) is 61.6 Å². The van der Waals surface area contributed by atoms with Crippen LogP contribution in [0.5, 0.6) is 0 Å². The number of aliphatic imine (C=N–C) groups is 1. The molecule has 8 nitrogen and oxygen atoms in total. The van der Waals surface area contributed by atoms with Crippen LogP contribution in [0.2, 0.25) is 0 Å². The lowest BCUT2D eigenvalue weighted by Crippen LogP contribution is -2.34. The van der Waals surface area contributed by atoms with Crippen molar-refractivity contribution >= 4 is 5.71 Å². The molecule has 25 heavy (non-hydrogen) atoms. The van der Waals surface area contributed by atoms with E-state index in [0.29, 0.717) is 18.7 Å². The number of aromatic nitrogens is 4. The molecule has 0 saturated heterocycles. The number of nitrogens with one attached hydrogen (secondary N) is 2. The molecule has 0 aliphatic carbocycles. The number of hydrogen-bond acceptors (Lipinski definition) is 6. The molecular formula is C17H20N6O2. The summed E-state index contributed by atoms with van der Waals surface area (Å²) in [6, 6.07) is 0. The summed E-state index contributed by atoms with van der Waals surface area (Å²) in [4.78, 5) is 43.7. The van der Waals surface area contributed by atoms with Crippen LogP contribution >= 0.6 is 0 Å². The predicted octanol–water partition coefficient (Wildman–Crippen LogP) is 0.384. The molecule has 2 aromatic rings. The van der Waals surface area contributed by atoms with Crippen molar-refractivity contribution in [2.75, 3.05) is 13.1 Å². The third kappa shape index (κ3) is 3.43. The van der Waals surface area contributed by atoms with Crippen molar-refractivity contribution in [3.8, 4) is 0 Å². The Hall–Kier alpha value is -2.61. The zero-order valence-corrected chi connectivity index (χ0v) is 13.9. The Bertz CT molecular complexity index is 929. The molecule has 0 aromatic carbocycles. The molecule has 0 atom stereocenters. The second kappa shape index (κ2) is 6.72. The zero-order valence-electron chi connectivity index (χ0n) is 13.9. The predicted molar refractivity (Wildman–Crippen MR) is 92.8 cm³/mol. The fourth-order valence-electron chi connectivity index (χ4n) is 3.32. The van der Waals surface area contributed by atoms with Crippen LogP contribution in [0, 0.1) is 0 Å². The van der Waals surface area contributed by atoms with E-state index in [2.05, 4.69) is 24.8 Å². The first-order valence-electron chi connectivity index (χ1n) is 8.61. The van der Waals surface area contributed by atoms with Gasteiger partial charge in [-0.25, -0.2) is 14.8 Å². The first-order valence-corrected chi connectivity index (χ1v) is 8.61. The van der Waals surface area contributed by atoms with Crippen LogP contribution in [0.25, 0.3) is 0 Å². The van der Waals surface area contributed by atoms with Gasteiger partial charge in [0.25, 0.3) is 5.56 Å². The summed E-state index contributed by atoms with van der Waals surface area (Å²) < 4.78 is 0. The largest absolute Gasteiger partial charge is 0.325 e. The Balaban J connectivity index is 1.50. The lowest BCUT2D eigenvalue weighted by Gasteiger charge is -2.27. The van der Waals surface area contributed by atoms with Crippen LogP contribution in [0.15, 0.2) is 27.0 Å². The number of nitrogens with zero attached hydrogens (tertiary/aromatic N) is 4. The highest BCUT2D eigenvalue weighted by Crippen LogP contribution is 2.19. The Morgan fingerprint density at radius 1 is 1.20 bits per heavy atom. The smallest absolute Gasteiger partial charge is 0.314 e. The van der Waals surface area contributed by atoms with Crippen molar-refractivity contribution in [3.63, 3.8) is 0 Å². The van der Waals surface area contributed by atoms with Crippen molar-refractivity contribution in [2.24, 2.45) is 4.99 Å². The van der Waals surface area contributed by atoms with Crippen LogP contribution in [0.1, 0.15) is 41.9 Å².